The Morgan fingerprint density at radius 2 is 1.52 bits per heavy atom. The van der Waals surface area contributed by atoms with Crippen LogP contribution in [0, 0.1) is 0 Å². The molecule has 0 heterocycles. The van der Waals surface area contributed by atoms with Gasteiger partial charge in [0.1, 0.15) is 0 Å². The summed E-state index contributed by atoms with van der Waals surface area (Å²) < 4.78 is 0. The van der Waals surface area contributed by atoms with E-state index in [1.807, 2.05) is 42.5 Å². The maximum absolute atomic E-state index is 12.1. The molecule has 2 aromatic carbocycles. The van der Waals surface area contributed by atoms with Gasteiger partial charge in [-0.3, -0.25) is 4.79 Å². The minimum absolute atomic E-state index is 0.0546. The smallest absolute Gasteiger partial charge is 0.255 e. The summed E-state index contributed by atoms with van der Waals surface area (Å²) in [5.74, 6) is 0.652. The van der Waals surface area contributed by atoms with Crippen molar-refractivity contribution in [1.29, 1.82) is 0 Å². The van der Waals surface area contributed by atoms with Crippen molar-refractivity contribution in [3.8, 4) is 0 Å². The van der Waals surface area contributed by atoms with Crippen molar-refractivity contribution in [2.75, 3.05) is 5.32 Å². The minimum atomic E-state index is -0.0546. The first-order chi connectivity index (χ1) is 10.3. The molecule has 0 unspecified atom stereocenters. The predicted octanol–water partition coefficient (Wildman–Crippen LogP) is 4.99. The second-order valence-corrected chi connectivity index (χ2v) is 5.78. The molecule has 1 amide bonds. The molecule has 0 atom stereocenters. The SMILES string of the molecule is O=C(Nc1ccc(C2CCCCC2)cc1)c1ccccc1. The maximum atomic E-state index is 12.1. The van der Waals surface area contributed by atoms with Crippen LogP contribution in [0.25, 0.3) is 0 Å². The van der Waals surface area contributed by atoms with Crippen LogP contribution in [0.3, 0.4) is 0 Å². The number of amides is 1. The third kappa shape index (κ3) is 3.52. The van der Waals surface area contributed by atoms with E-state index in [2.05, 4.69) is 17.4 Å². The fraction of sp³-hybridized carbons (Fsp3) is 0.316. The van der Waals surface area contributed by atoms with Gasteiger partial charge >= 0.3 is 0 Å². The highest BCUT2D eigenvalue weighted by Crippen LogP contribution is 2.32. The van der Waals surface area contributed by atoms with Crippen molar-refractivity contribution >= 4 is 11.6 Å². The molecule has 1 aliphatic rings. The molecule has 21 heavy (non-hydrogen) atoms. The van der Waals surface area contributed by atoms with Gasteiger partial charge < -0.3 is 5.32 Å². The number of hydrogen-bond acceptors (Lipinski definition) is 1. The van der Waals surface area contributed by atoms with Crippen LogP contribution >= 0.6 is 0 Å². The number of rotatable bonds is 3. The first kappa shape index (κ1) is 13.9. The fourth-order valence-corrected chi connectivity index (χ4v) is 3.07. The largest absolute Gasteiger partial charge is 0.322 e. The van der Waals surface area contributed by atoms with E-state index in [1.165, 1.54) is 37.7 Å². The summed E-state index contributed by atoms with van der Waals surface area (Å²) in [6.07, 6.45) is 6.67. The number of carbonyl (C=O) groups excluding carboxylic acids is 1. The summed E-state index contributed by atoms with van der Waals surface area (Å²) in [6.45, 7) is 0. The highest BCUT2D eigenvalue weighted by molar-refractivity contribution is 6.04. The van der Waals surface area contributed by atoms with E-state index in [-0.39, 0.29) is 5.91 Å². The van der Waals surface area contributed by atoms with Crippen molar-refractivity contribution in [3.05, 3.63) is 65.7 Å². The van der Waals surface area contributed by atoms with Crippen molar-refractivity contribution in [2.45, 2.75) is 38.0 Å². The molecule has 3 rings (SSSR count). The van der Waals surface area contributed by atoms with Crippen LogP contribution in [0.5, 0.6) is 0 Å². The van der Waals surface area contributed by atoms with E-state index in [0.717, 1.165) is 5.69 Å². The van der Waals surface area contributed by atoms with Crippen LogP contribution in [0.4, 0.5) is 5.69 Å². The van der Waals surface area contributed by atoms with Gasteiger partial charge in [-0.05, 0) is 48.6 Å². The van der Waals surface area contributed by atoms with Crippen LogP contribution in [0.1, 0.15) is 53.9 Å². The molecule has 2 nitrogen and oxygen atoms in total. The molecule has 0 saturated heterocycles. The van der Waals surface area contributed by atoms with E-state index >= 15 is 0 Å². The summed E-state index contributed by atoms with van der Waals surface area (Å²) in [4.78, 5) is 12.1. The van der Waals surface area contributed by atoms with E-state index in [4.69, 9.17) is 0 Å². The van der Waals surface area contributed by atoms with E-state index < -0.39 is 0 Å². The van der Waals surface area contributed by atoms with Gasteiger partial charge in [0.2, 0.25) is 0 Å². The van der Waals surface area contributed by atoms with Gasteiger partial charge in [0.05, 0.1) is 0 Å². The number of benzene rings is 2. The van der Waals surface area contributed by atoms with Crippen LogP contribution in [-0.4, -0.2) is 5.91 Å². The van der Waals surface area contributed by atoms with Crippen LogP contribution in [0.15, 0.2) is 54.6 Å². The standard InChI is InChI=1S/C19H21NO/c21-19(17-9-5-2-6-10-17)20-18-13-11-16(12-14-18)15-7-3-1-4-8-15/h2,5-6,9-15H,1,3-4,7-8H2,(H,20,21). The Morgan fingerprint density at radius 3 is 2.19 bits per heavy atom. The Labute approximate surface area is 126 Å². The Kier molecular flexibility index (Phi) is 4.34. The second kappa shape index (κ2) is 6.57. The van der Waals surface area contributed by atoms with E-state index in [9.17, 15) is 4.79 Å². The molecular formula is C19H21NO. The molecule has 108 valence electrons. The molecular weight excluding hydrogens is 258 g/mol. The van der Waals surface area contributed by atoms with Crippen molar-refractivity contribution in [1.82, 2.24) is 0 Å². The highest BCUT2D eigenvalue weighted by Gasteiger charge is 2.15. The molecule has 0 radical (unpaired) electrons. The zero-order valence-electron chi connectivity index (χ0n) is 12.2. The zero-order valence-corrected chi connectivity index (χ0v) is 12.2. The molecule has 0 aliphatic heterocycles. The zero-order chi connectivity index (χ0) is 14.5. The third-order valence-corrected chi connectivity index (χ3v) is 4.28. The maximum Gasteiger partial charge on any atom is 0.255 e. The van der Waals surface area contributed by atoms with Gasteiger partial charge in [0.15, 0.2) is 0 Å². The lowest BCUT2D eigenvalue weighted by molar-refractivity contribution is 0.102. The molecule has 2 aromatic rings. The minimum Gasteiger partial charge on any atom is -0.322 e. The average molecular weight is 279 g/mol. The molecule has 1 aliphatic carbocycles. The van der Waals surface area contributed by atoms with Crippen molar-refractivity contribution in [2.24, 2.45) is 0 Å². The average Bonchev–Trinajstić information content (AvgIpc) is 2.57. The molecule has 0 aromatic heterocycles. The van der Waals surface area contributed by atoms with Gasteiger partial charge in [-0.15, -0.1) is 0 Å². The first-order valence-corrected chi connectivity index (χ1v) is 7.79. The van der Waals surface area contributed by atoms with Crippen LogP contribution in [-0.2, 0) is 0 Å². The Balaban J connectivity index is 1.65. The highest BCUT2D eigenvalue weighted by atomic mass is 16.1. The Morgan fingerprint density at radius 1 is 0.857 bits per heavy atom. The van der Waals surface area contributed by atoms with Gasteiger partial charge in [-0.25, -0.2) is 0 Å². The summed E-state index contributed by atoms with van der Waals surface area (Å²) in [5, 5.41) is 2.95. The van der Waals surface area contributed by atoms with E-state index in [1.54, 1.807) is 0 Å². The Hall–Kier alpha value is -2.09. The summed E-state index contributed by atoms with van der Waals surface area (Å²) in [6, 6.07) is 17.7. The quantitative estimate of drug-likeness (QED) is 0.842. The lowest BCUT2D eigenvalue weighted by atomic mass is 9.84. The first-order valence-electron chi connectivity index (χ1n) is 7.79. The van der Waals surface area contributed by atoms with Crippen molar-refractivity contribution in [3.63, 3.8) is 0 Å². The molecule has 0 bridgehead atoms. The number of anilines is 1. The molecule has 1 N–H and O–H groups in total. The topological polar surface area (TPSA) is 29.1 Å². The second-order valence-electron chi connectivity index (χ2n) is 5.78. The summed E-state index contributed by atoms with van der Waals surface area (Å²) in [7, 11) is 0. The van der Waals surface area contributed by atoms with Gasteiger partial charge in [-0.2, -0.15) is 0 Å². The van der Waals surface area contributed by atoms with Crippen LogP contribution < -0.4 is 5.32 Å². The lowest BCUT2D eigenvalue weighted by Gasteiger charge is -2.22. The van der Waals surface area contributed by atoms with Gasteiger partial charge in [-0.1, -0.05) is 49.6 Å². The van der Waals surface area contributed by atoms with E-state index in [0.29, 0.717) is 11.5 Å². The van der Waals surface area contributed by atoms with Crippen molar-refractivity contribution < 1.29 is 4.79 Å². The predicted molar refractivity (Wildman–Crippen MR) is 86.7 cm³/mol. The Bertz CT molecular complexity index is 583. The fourth-order valence-electron chi connectivity index (χ4n) is 3.07. The summed E-state index contributed by atoms with van der Waals surface area (Å²) in [5.41, 5.74) is 2.96. The summed E-state index contributed by atoms with van der Waals surface area (Å²) >= 11 is 0. The normalized spacial score (nSPS) is 15.6. The molecule has 1 saturated carbocycles. The number of carbonyl (C=O) groups is 1. The molecule has 2 heteroatoms. The number of hydrogen-bond donors (Lipinski definition) is 1. The lowest BCUT2D eigenvalue weighted by Crippen LogP contribution is -2.11. The van der Waals surface area contributed by atoms with Gasteiger partial charge in [0, 0.05) is 11.3 Å². The third-order valence-electron chi connectivity index (χ3n) is 4.28. The molecule has 0 spiro atoms. The number of nitrogens with one attached hydrogen (secondary N) is 1. The molecule has 1 fully saturated rings. The van der Waals surface area contributed by atoms with Gasteiger partial charge in [0.25, 0.3) is 5.91 Å². The monoisotopic (exact) mass is 279 g/mol. The van der Waals surface area contributed by atoms with Crippen LogP contribution in [0.2, 0.25) is 0 Å².